The van der Waals surface area contributed by atoms with Gasteiger partial charge in [0.25, 0.3) is 5.91 Å². The molecule has 1 N–H and O–H groups in total. The molecule has 6 nitrogen and oxygen atoms in total. The van der Waals surface area contributed by atoms with Crippen LogP contribution in [-0.2, 0) is 7.05 Å². The highest BCUT2D eigenvalue weighted by Gasteiger charge is 2.14. The molecule has 1 amide bonds. The number of halogens is 1. The maximum absolute atomic E-state index is 13.7. The van der Waals surface area contributed by atoms with Crippen molar-refractivity contribution < 1.29 is 9.18 Å². The quantitative estimate of drug-likeness (QED) is 0.626. The number of hydrogen-bond acceptors (Lipinski definition) is 3. The fourth-order valence-electron chi connectivity index (χ4n) is 2.65. The van der Waals surface area contributed by atoms with Gasteiger partial charge in [-0.05, 0) is 29.8 Å². The summed E-state index contributed by atoms with van der Waals surface area (Å²) >= 11 is 0. The van der Waals surface area contributed by atoms with E-state index in [9.17, 15) is 9.18 Å². The Bertz CT molecular complexity index is 1080. The van der Waals surface area contributed by atoms with Gasteiger partial charge in [0.2, 0.25) is 0 Å². The van der Waals surface area contributed by atoms with Gasteiger partial charge in [-0.25, -0.2) is 9.37 Å². The van der Waals surface area contributed by atoms with E-state index in [1.54, 1.807) is 33.6 Å². The molecule has 0 aliphatic heterocycles. The number of aryl methyl sites for hydroxylation is 1. The highest BCUT2D eigenvalue weighted by atomic mass is 19.1. The Hall–Kier alpha value is -3.48. The van der Waals surface area contributed by atoms with Gasteiger partial charge in [-0.1, -0.05) is 12.1 Å². The lowest BCUT2D eigenvalue weighted by Crippen LogP contribution is -2.15. The number of nitrogens with one attached hydrogen (secondary N) is 1. The van der Waals surface area contributed by atoms with Gasteiger partial charge >= 0.3 is 0 Å². The Labute approximate surface area is 142 Å². The van der Waals surface area contributed by atoms with E-state index in [1.807, 2.05) is 25.4 Å². The molecular weight excluding hydrogens is 321 g/mol. The van der Waals surface area contributed by atoms with E-state index in [2.05, 4.69) is 15.4 Å². The number of carbonyl (C=O) groups excluding carboxylic acids is 1. The first kappa shape index (κ1) is 15.1. The molecular formula is C18H14FN5O. The van der Waals surface area contributed by atoms with Crippen molar-refractivity contribution in [1.29, 1.82) is 0 Å². The zero-order valence-electron chi connectivity index (χ0n) is 13.3. The van der Waals surface area contributed by atoms with Crippen molar-refractivity contribution in [2.24, 2.45) is 7.05 Å². The fraction of sp³-hybridized carbons (Fsp3) is 0.0556. The molecule has 0 bridgehead atoms. The van der Waals surface area contributed by atoms with Gasteiger partial charge in [-0.3, -0.25) is 13.9 Å². The van der Waals surface area contributed by atoms with E-state index in [0.717, 1.165) is 11.1 Å². The first-order valence-corrected chi connectivity index (χ1v) is 7.64. The van der Waals surface area contributed by atoms with Gasteiger partial charge in [0.05, 0.1) is 18.1 Å². The molecule has 0 saturated carbocycles. The van der Waals surface area contributed by atoms with Crippen molar-refractivity contribution in [3.63, 3.8) is 0 Å². The third-order valence-electron chi connectivity index (χ3n) is 3.91. The van der Waals surface area contributed by atoms with Crippen molar-refractivity contribution in [2.75, 3.05) is 5.32 Å². The smallest absolute Gasteiger partial charge is 0.274 e. The number of hydrogen-bond donors (Lipinski definition) is 1. The zero-order chi connectivity index (χ0) is 17.4. The van der Waals surface area contributed by atoms with Crippen LogP contribution >= 0.6 is 0 Å². The molecule has 0 aliphatic rings. The molecule has 0 fully saturated rings. The lowest BCUT2D eigenvalue weighted by atomic mass is 10.1. The number of amides is 1. The van der Waals surface area contributed by atoms with E-state index in [-0.39, 0.29) is 5.69 Å². The molecule has 124 valence electrons. The first-order chi connectivity index (χ1) is 12.1. The third kappa shape index (κ3) is 2.76. The highest BCUT2D eigenvalue weighted by Crippen LogP contribution is 2.21. The topological polar surface area (TPSA) is 64.2 Å². The maximum atomic E-state index is 13.7. The normalized spacial score (nSPS) is 11.0. The van der Waals surface area contributed by atoms with Crippen LogP contribution in [-0.4, -0.2) is 25.1 Å². The SMILES string of the molecule is Cn1cc(-c2ccn3c(C(=O)Nc4ccccc4F)cnc3c2)cn1. The van der Waals surface area contributed by atoms with Crippen molar-refractivity contribution in [3.05, 3.63) is 72.7 Å². The highest BCUT2D eigenvalue weighted by molar-refractivity contribution is 6.03. The molecule has 0 unspecified atom stereocenters. The Balaban J connectivity index is 1.67. The zero-order valence-corrected chi connectivity index (χ0v) is 13.3. The Kier molecular flexibility index (Phi) is 3.53. The number of fused-ring (bicyclic) bond motifs is 1. The third-order valence-corrected chi connectivity index (χ3v) is 3.91. The minimum absolute atomic E-state index is 0.134. The number of aromatic nitrogens is 4. The Morgan fingerprint density at radius 3 is 2.76 bits per heavy atom. The van der Waals surface area contributed by atoms with Gasteiger partial charge in [0.15, 0.2) is 0 Å². The Morgan fingerprint density at radius 1 is 1.16 bits per heavy atom. The maximum Gasteiger partial charge on any atom is 0.274 e. The van der Waals surface area contributed by atoms with E-state index < -0.39 is 11.7 Å². The summed E-state index contributed by atoms with van der Waals surface area (Å²) in [6.45, 7) is 0. The van der Waals surface area contributed by atoms with Crippen LogP contribution in [0.1, 0.15) is 10.5 Å². The number of nitrogens with zero attached hydrogens (tertiary/aromatic N) is 4. The van der Waals surface area contributed by atoms with Crippen LogP contribution in [0.2, 0.25) is 0 Å². The minimum Gasteiger partial charge on any atom is -0.318 e. The fourth-order valence-corrected chi connectivity index (χ4v) is 2.65. The van der Waals surface area contributed by atoms with Gasteiger partial charge in [0, 0.05) is 25.0 Å². The van der Waals surface area contributed by atoms with Gasteiger partial charge < -0.3 is 5.32 Å². The molecule has 25 heavy (non-hydrogen) atoms. The molecule has 3 aromatic heterocycles. The molecule has 0 radical (unpaired) electrons. The van der Waals surface area contributed by atoms with Crippen LogP contribution in [0.5, 0.6) is 0 Å². The molecule has 7 heteroatoms. The second kappa shape index (κ2) is 5.86. The van der Waals surface area contributed by atoms with Crippen molar-refractivity contribution in [1.82, 2.24) is 19.2 Å². The van der Waals surface area contributed by atoms with Gasteiger partial charge in [0.1, 0.15) is 17.2 Å². The molecule has 0 atom stereocenters. The summed E-state index contributed by atoms with van der Waals surface area (Å²) in [5, 5.41) is 6.72. The second-order valence-electron chi connectivity index (χ2n) is 5.62. The van der Waals surface area contributed by atoms with Crippen LogP contribution < -0.4 is 5.32 Å². The largest absolute Gasteiger partial charge is 0.318 e. The molecule has 4 rings (SSSR count). The van der Waals surface area contributed by atoms with Crippen LogP contribution in [0.25, 0.3) is 16.8 Å². The van der Waals surface area contributed by atoms with E-state index in [0.29, 0.717) is 11.3 Å². The number of pyridine rings is 1. The average molecular weight is 335 g/mol. The summed E-state index contributed by atoms with van der Waals surface area (Å²) < 4.78 is 17.1. The van der Waals surface area contributed by atoms with Crippen LogP contribution in [0.4, 0.5) is 10.1 Å². The number of carbonyl (C=O) groups is 1. The molecule has 0 spiro atoms. The molecule has 0 saturated heterocycles. The van der Waals surface area contributed by atoms with E-state index in [4.69, 9.17) is 0 Å². The predicted molar refractivity (Wildman–Crippen MR) is 91.7 cm³/mol. The van der Waals surface area contributed by atoms with Gasteiger partial charge in [-0.2, -0.15) is 5.10 Å². The number of para-hydroxylation sites is 1. The molecule has 4 aromatic rings. The summed E-state index contributed by atoms with van der Waals surface area (Å²) in [7, 11) is 1.85. The van der Waals surface area contributed by atoms with E-state index in [1.165, 1.54) is 18.3 Å². The lowest BCUT2D eigenvalue weighted by Gasteiger charge is -2.06. The van der Waals surface area contributed by atoms with Crippen LogP contribution in [0, 0.1) is 5.82 Å². The summed E-state index contributed by atoms with van der Waals surface area (Å²) in [4.78, 5) is 16.7. The summed E-state index contributed by atoms with van der Waals surface area (Å²) in [6, 6.07) is 9.79. The van der Waals surface area contributed by atoms with E-state index >= 15 is 0 Å². The molecule has 1 aromatic carbocycles. The Morgan fingerprint density at radius 2 is 2.00 bits per heavy atom. The van der Waals surface area contributed by atoms with Crippen LogP contribution in [0.15, 0.2) is 61.2 Å². The second-order valence-corrected chi connectivity index (χ2v) is 5.62. The van der Waals surface area contributed by atoms with Crippen LogP contribution in [0.3, 0.4) is 0 Å². The number of rotatable bonds is 3. The summed E-state index contributed by atoms with van der Waals surface area (Å²) in [5.41, 5.74) is 3.00. The summed E-state index contributed by atoms with van der Waals surface area (Å²) in [6.07, 6.45) is 6.90. The predicted octanol–water partition coefficient (Wildman–Crippen LogP) is 3.13. The number of benzene rings is 1. The number of imidazole rings is 1. The minimum atomic E-state index is -0.483. The van der Waals surface area contributed by atoms with Gasteiger partial charge in [-0.15, -0.1) is 0 Å². The van der Waals surface area contributed by atoms with Crippen molar-refractivity contribution in [3.8, 4) is 11.1 Å². The number of anilines is 1. The molecule has 0 aliphatic carbocycles. The molecule has 3 heterocycles. The standard InChI is InChI=1S/C18H14FN5O/c1-23-11-13(9-21-23)12-6-7-24-16(10-20-17(24)8-12)18(25)22-15-5-3-2-4-14(15)19/h2-11H,1H3,(H,22,25). The lowest BCUT2D eigenvalue weighted by molar-refractivity contribution is 0.102. The first-order valence-electron chi connectivity index (χ1n) is 7.64. The average Bonchev–Trinajstić information content (AvgIpc) is 3.22. The monoisotopic (exact) mass is 335 g/mol. The summed E-state index contributed by atoms with van der Waals surface area (Å²) in [5.74, 6) is -0.907. The van der Waals surface area contributed by atoms with Crippen molar-refractivity contribution >= 4 is 17.2 Å². The van der Waals surface area contributed by atoms with Crippen molar-refractivity contribution in [2.45, 2.75) is 0 Å².